The maximum atomic E-state index is 12.7. The molecule has 0 atom stereocenters. The molecular weight excluding hydrogens is 362 g/mol. The summed E-state index contributed by atoms with van der Waals surface area (Å²) in [6.45, 7) is 2.79. The van der Waals surface area contributed by atoms with Crippen molar-refractivity contribution >= 4 is 22.5 Å². The second-order valence-electron chi connectivity index (χ2n) is 7.07. The lowest BCUT2D eigenvalue weighted by Crippen LogP contribution is -2.14. The quantitative estimate of drug-likeness (QED) is 0.328. The van der Waals surface area contributed by atoms with E-state index in [-0.39, 0.29) is 18.0 Å². The minimum atomic E-state index is -0.387. The van der Waals surface area contributed by atoms with Crippen LogP contribution < -0.4 is 0 Å². The number of nitrogens with zero attached hydrogens (tertiary/aromatic N) is 3. The van der Waals surface area contributed by atoms with Crippen molar-refractivity contribution in [3.05, 3.63) is 84.3 Å². The Hall–Kier alpha value is -3.47. The van der Waals surface area contributed by atoms with E-state index in [1.807, 2.05) is 72.3 Å². The zero-order chi connectivity index (χ0) is 20.2. The van der Waals surface area contributed by atoms with Crippen LogP contribution in [0.5, 0.6) is 0 Å². The summed E-state index contributed by atoms with van der Waals surface area (Å²) in [6, 6.07) is 17.7. The lowest BCUT2D eigenvalue weighted by molar-refractivity contribution is -0.115. The molecule has 146 valence electrons. The molecule has 0 aliphatic carbocycles. The molecule has 4 rings (SSSR count). The molecular formula is C24H23N3O2. The zero-order valence-corrected chi connectivity index (χ0v) is 16.4. The van der Waals surface area contributed by atoms with Crippen molar-refractivity contribution in [3.63, 3.8) is 0 Å². The van der Waals surface area contributed by atoms with Crippen molar-refractivity contribution in [2.24, 2.45) is 0 Å². The number of fused-ring (bicyclic) bond motifs is 1. The van der Waals surface area contributed by atoms with Crippen LogP contribution in [0.25, 0.3) is 16.6 Å². The summed E-state index contributed by atoms with van der Waals surface area (Å²) in [5.74, 6) is -0.709. The molecule has 2 aromatic carbocycles. The maximum absolute atomic E-state index is 12.7. The van der Waals surface area contributed by atoms with Gasteiger partial charge in [-0.05, 0) is 49.6 Å². The summed E-state index contributed by atoms with van der Waals surface area (Å²) in [5, 5.41) is 5.06. The van der Waals surface area contributed by atoms with Crippen LogP contribution >= 0.6 is 0 Å². The molecule has 0 saturated carbocycles. The summed E-state index contributed by atoms with van der Waals surface area (Å²) in [6.07, 6.45) is 7.11. The molecule has 0 aliphatic rings. The third-order valence-corrected chi connectivity index (χ3v) is 5.20. The summed E-state index contributed by atoms with van der Waals surface area (Å²) in [4.78, 5) is 25.2. The van der Waals surface area contributed by atoms with E-state index in [0.717, 1.165) is 35.1 Å². The Bertz CT molecular complexity index is 1140. The molecule has 2 heterocycles. The Kier molecular flexibility index (Phi) is 5.38. The molecule has 0 saturated heterocycles. The van der Waals surface area contributed by atoms with Crippen LogP contribution in [0.1, 0.15) is 35.7 Å². The lowest BCUT2D eigenvalue weighted by atomic mass is 10.0. The third kappa shape index (κ3) is 3.90. The van der Waals surface area contributed by atoms with E-state index >= 15 is 0 Å². The minimum Gasteiger partial charge on any atom is -0.347 e. The number of carbonyl (C=O) groups excluding carboxylic acids is 2. The van der Waals surface area contributed by atoms with Crippen molar-refractivity contribution in [2.75, 3.05) is 0 Å². The highest BCUT2D eigenvalue weighted by Crippen LogP contribution is 2.22. The molecule has 0 radical (unpaired) electrons. The topological polar surface area (TPSA) is 56.9 Å². The van der Waals surface area contributed by atoms with Gasteiger partial charge in [-0.2, -0.15) is 5.10 Å². The van der Waals surface area contributed by atoms with E-state index in [0.29, 0.717) is 12.0 Å². The molecule has 2 aromatic heterocycles. The Morgan fingerprint density at radius 1 is 1.00 bits per heavy atom. The van der Waals surface area contributed by atoms with E-state index in [2.05, 4.69) is 5.10 Å². The number of benzene rings is 2. The molecule has 0 spiro atoms. The molecule has 5 nitrogen and oxygen atoms in total. The van der Waals surface area contributed by atoms with Crippen molar-refractivity contribution < 1.29 is 9.59 Å². The van der Waals surface area contributed by atoms with Crippen molar-refractivity contribution in [1.29, 1.82) is 0 Å². The summed E-state index contributed by atoms with van der Waals surface area (Å²) in [5.41, 5.74) is 3.64. The molecule has 4 aromatic rings. The van der Waals surface area contributed by atoms with E-state index in [1.54, 1.807) is 17.1 Å². The maximum Gasteiger partial charge on any atom is 0.230 e. The van der Waals surface area contributed by atoms with Gasteiger partial charge in [0.05, 0.1) is 11.3 Å². The van der Waals surface area contributed by atoms with E-state index in [1.165, 1.54) is 0 Å². The molecule has 29 heavy (non-hydrogen) atoms. The molecule has 0 N–H and O–H groups in total. The predicted molar refractivity (Wildman–Crippen MR) is 113 cm³/mol. The van der Waals surface area contributed by atoms with Crippen LogP contribution in [-0.4, -0.2) is 25.9 Å². The Balaban J connectivity index is 1.38. The Labute approximate surface area is 169 Å². The lowest BCUT2D eigenvalue weighted by Gasteiger charge is -2.04. The second-order valence-corrected chi connectivity index (χ2v) is 7.07. The van der Waals surface area contributed by atoms with Crippen LogP contribution in [0.15, 0.2) is 73.2 Å². The van der Waals surface area contributed by atoms with Gasteiger partial charge in [-0.25, -0.2) is 4.68 Å². The fourth-order valence-electron chi connectivity index (χ4n) is 3.64. The third-order valence-electron chi connectivity index (χ3n) is 5.20. The van der Waals surface area contributed by atoms with Gasteiger partial charge in [-0.15, -0.1) is 0 Å². The summed E-state index contributed by atoms with van der Waals surface area (Å²) in [7, 11) is 0. The largest absolute Gasteiger partial charge is 0.347 e. The highest BCUT2D eigenvalue weighted by molar-refractivity contribution is 6.45. The smallest absolute Gasteiger partial charge is 0.230 e. The number of Topliss-reactive ketones (excluding diaryl/α,β-unsaturated/α-hetero) is 2. The van der Waals surface area contributed by atoms with Crippen LogP contribution in [-0.2, 0) is 17.8 Å². The first-order chi connectivity index (χ1) is 14.2. The van der Waals surface area contributed by atoms with Crippen LogP contribution in [0.4, 0.5) is 0 Å². The Morgan fingerprint density at radius 3 is 2.52 bits per heavy atom. The highest BCUT2D eigenvalue weighted by Gasteiger charge is 2.20. The standard InChI is InChI=1S/C24H23N3O2/c1-2-26-17-21(20-8-3-4-9-22(20)26)24(29)23(28)10-5-7-18-11-13-19(14-12-18)27-16-6-15-25-27/h3-4,6,8-9,11-17H,2,5,7,10H2,1H3. The predicted octanol–water partition coefficient (Wildman–Crippen LogP) is 4.62. The number of carbonyl (C=O) groups is 2. The second kappa shape index (κ2) is 8.27. The van der Waals surface area contributed by atoms with Gasteiger partial charge < -0.3 is 4.57 Å². The van der Waals surface area contributed by atoms with Gasteiger partial charge in [-0.3, -0.25) is 9.59 Å². The summed E-state index contributed by atoms with van der Waals surface area (Å²) < 4.78 is 3.82. The molecule has 0 amide bonds. The number of hydrogen-bond donors (Lipinski definition) is 0. The van der Waals surface area contributed by atoms with Crippen molar-refractivity contribution in [2.45, 2.75) is 32.7 Å². The first-order valence-corrected chi connectivity index (χ1v) is 9.91. The molecule has 0 aliphatic heterocycles. The van der Waals surface area contributed by atoms with E-state index in [4.69, 9.17) is 0 Å². The number of aryl methyl sites for hydroxylation is 2. The monoisotopic (exact) mass is 385 g/mol. The first-order valence-electron chi connectivity index (χ1n) is 9.91. The number of aromatic nitrogens is 3. The summed E-state index contributed by atoms with van der Waals surface area (Å²) >= 11 is 0. The van der Waals surface area contributed by atoms with Crippen molar-refractivity contribution in [3.8, 4) is 5.69 Å². The van der Waals surface area contributed by atoms with E-state index < -0.39 is 0 Å². The number of rotatable bonds is 8. The molecule has 5 heteroatoms. The zero-order valence-electron chi connectivity index (χ0n) is 16.4. The van der Waals surface area contributed by atoms with E-state index in [9.17, 15) is 9.59 Å². The normalized spacial score (nSPS) is 11.1. The number of hydrogen-bond acceptors (Lipinski definition) is 3. The molecule has 0 fully saturated rings. The molecule has 0 unspecified atom stereocenters. The fraction of sp³-hybridized carbons (Fsp3) is 0.208. The van der Waals surface area contributed by atoms with Gasteiger partial charge in [0.1, 0.15) is 0 Å². The van der Waals surface area contributed by atoms with Gasteiger partial charge in [0.25, 0.3) is 0 Å². The van der Waals surface area contributed by atoms with Crippen LogP contribution in [0, 0.1) is 0 Å². The first kappa shape index (κ1) is 18.9. The fourth-order valence-corrected chi connectivity index (χ4v) is 3.64. The van der Waals surface area contributed by atoms with Crippen molar-refractivity contribution in [1.82, 2.24) is 14.3 Å². The average Bonchev–Trinajstić information content (AvgIpc) is 3.42. The highest BCUT2D eigenvalue weighted by atomic mass is 16.2. The van der Waals surface area contributed by atoms with Gasteiger partial charge in [0.2, 0.25) is 11.6 Å². The van der Waals surface area contributed by atoms with Gasteiger partial charge in [0.15, 0.2) is 0 Å². The molecule has 0 bridgehead atoms. The van der Waals surface area contributed by atoms with Crippen LogP contribution in [0.3, 0.4) is 0 Å². The SMILES string of the molecule is CCn1cc(C(=O)C(=O)CCCc2ccc(-n3cccn3)cc2)c2ccccc21. The van der Waals surface area contributed by atoms with Gasteiger partial charge >= 0.3 is 0 Å². The van der Waals surface area contributed by atoms with Gasteiger partial charge in [-0.1, -0.05) is 30.3 Å². The van der Waals surface area contributed by atoms with Crippen LogP contribution in [0.2, 0.25) is 0 Å². The number of ketones is 2. The number of para-hydroxylation sites is 1. The minimum absolute atomic E-state index is 0.255. The van der Waals surface area contributed by atoms with Gasteiger partial charge in [0, 0.05) is 42.5 Å². The average molecular weight is 385 g/mol. The Morgan fingerprint density at radius 2 is 1.79 bits per heavy atom.